The molecule has 2 fully saturated rings. The van der Waals surface area contributed by atoms with Gasteiger partial charge in [0.2, 0.25) is 0 Å². The van der Waals surface area contributed by atoms with Crippen LogP contribution in [0.3, 0.4) is 0 Å². The number of hydrogen-bond donors (Lipinski definition) is 2. The smallest absolute Gasteiger partial charge is 0.319 e. The first-order valence-corrected chi connectivity index (χ1v) is 8.04. The molecule has 0 spiro atoms. The summed E-state index contributed by atoms with van der Waals surface area (Å²) in [4.78, 5) is 22.2. The lowest BCUT2D eigenvalue weighted by atomic mass is 10.0. The Bertz CT molecular complexity index is 621. The first-order chi connectivity index (χ1) is 11.0. The predicted molar refractivity (Wildman–Crippen MR) is 85.7 cm³/mol. The van der Waals surface area contributed by atoms with Gasteiger partial charge in [-0.3, -0.25) is 10.1 Å². The summed E-state index contributed by atoms with van der Waals surface area (Å²) >= 11 is 5.83. The summed E-state index contributed by atoms with van der Waals surface area (Å²) in [6, 6.07) is 3.85. The molecule has 8 heteroatoms. The lowest BCUT2D eigenvalue weighted by Gasteiger charge is -2.30. The molecule has 23 heavy (non-hydrogen) atoms. The number of halogens is 1. The quantitative estimate of drug-likeness (QED) is 0.650. The molecule has 124 valence electrons. The number of amides is 2. The van der Waals surface area contributed by atoms with Crippen molar-refractivity contribution in [1.82, 2.24) is 5.32 Å². The van der Waals surface area contributed by atoms with Crippen LogP contribution in [0.1, 0.15) is 25.7 Å². The minimum atomic E-state index is -0.563. The Balaban J connectivity index is 1.54. The Labute approximate surface area is 138 Å². The highest BCUT2D eigenvalue weighted by molar-refractivity contribution is 6.33. The molecule has 2 aliphatic rings. The van der Waals surface area contributed by atoms with Gasteiger partial charge in [-0.1, -0.05) is 11.6 Å². The van der Waals surface area contributed by atoms with E-state index in [1.807, 2.05) is 0 Å². The Hall–Kier alpha value is -1.86. The topological polar surface area (TPSA) is 93.5 Å². The maximum absolute atomic E-state index is 12.1. The van der Waals surface area contributed by atoms with Gasteiger partial charge >= 0.3 is 6.03 Å². The number of hydrogen-bond acceptors (Lipinski definition) is 4. The van der Waals surface area contributed by atoms with Crippen LogP contribution in [0, 0.1) is 16.0 Å². The summed E-state index contributed by atoms with van der Waals surface area (Å²) < 4.78 is 5.73. The van der Waals surface area contributed by atoms with Gasteiger partial charge in [0.05, 0.1) is 11.0 Å². The first-order valence-electron chi connectivity index (χ1n) is 7.66. The molecule has 1 aliphatic carbocycles. The summed E-state index contributed by atoms with van der Waals surface area (Å²) in [6.07, 6.45) is 4.30. The molecule has 0 unspecified atom stereocenters. The second-order valence-electron chi connectivity index (χ2n) is 5.99. The van der Waals surface area contributed by atoms with Gasteiger partial charge in [0, 0.05) is 24.4 Å². The number of carbonyl (C=O) groups excluding carboxylic acids is 1. The molecule has 1 aromatic rings. The number of ether oxygens (including phenoxy) is 1. The van der Waals surface area contributed by atoms with Crippen molar-refractivity contribution >= 4 is 29.0 Å². The van der Waals surface area contributed by atoms with Crippen LogP contribution in [0.2, 0.25) is 5.02 Å². The van der Waals surface area contributed by atoms with Crippen molar-refractivity contribution < 1.29 is 14.5 Å². The van der Waals surface area contributed by atoms with E-state index in [1.165, 1.54) is 31.0 Å². The van der Waals surface area contributed by atoms with E-state index in [2.05, 4.69) is 10.6 Å². The fourth-order valence-corrected chi connectivity index (χ4v) is 3.09. The molecule has 3 rings (SSSR count). The second-order valence-corrected chi connectivity index (χ2v) is 6.40. The van der Waals surface area contributed by atoms with Crippen LogP contribution in [0.4, 0.5) is 16.2 Å². The van der Waals surface area contributed by atoms with E-state index in [0.717, 1.165) is 12.8 Å². The molecule has 0 aromatic heterocycles. The van der Waals surface area contributed by atoms with Gasteiger partial charge < -0.3 is 15.4 Å². The van der Waals surface area contributed by atoms with Crippen molar-refractivity contribution in [3.63, 3.8) is 0 Å². The van der Waals surface area contributed by atoms with Gasteiger partial charge in [-0.25, -0.2) is 4.79 Å². The second kappa shape index (κ2) is 6.72. The van der Waals surface area contributed by atoms with E-state index >= 15 is 0 Å². The van der Waals surface area contributed by atoms with Gasteiger partial charge in [0.25, 0.3) is 5.69 Å². The maximum atomic E-state index is 12.1. The third-order valence-electron chi connectivity index (χ3n) is 4.20. The molecule has 0 radical (unpaired) electrons. The van der Waals surface area contributed by atoms with Crippen LogP contribution >= 0.6 is 11.6 Å². The summed E-state index contributed by atoms with van der Waals surface area (Å²) in [5, 5.41) is 16.3. The van der Waals surface area contributed by atoms with Crippen LogP contribution in [0.15, 0.2) is 18.2 Å². The molecule has 2 amide bonds. The SMILES string of the molecule is O=C(Nc1ccc([N+](=O)[O-])c(Cl)c1)N[C@H]1CCO[C@@H](C2CC2)C1. The lowest BCUT2D eigenvalue weighted by Crippen LogP contribution is -2.44. The molecule has 2 atom stereocenters. The molecule has 2 N–H and O–H groups in total. The highest BCUT2D eigenvalue weighted by atomic mass is 35.5. The van der Waals surface area contributed by atoms with Gasteiger partial charge in [-0.05, 0) is 43.7 Å². The number of rotatable bonds is 4. The number of nitrogens with zero attached hydrogens (tertiary/aromatic N) is 1. The van der Waals surface area contributed by atoms with E-state index in [-0.39, 0.29) is 28.9 Å². The molecule has 1 aromatic carbocycles. The molecular formula is C15H18ClN3O4. The Kier molecular flexibility index (Phi) is 4.68. The zero-order valence-electron chi connectivity index (χ0n) is 12.5. The van der Waals surface area contributed by atoms with Crippen molar-refractivity contribution in [3.8, 4) is 0 Å². The predicted octanol–water partition coefficient (Wildman–Crippen LogP) is 3.33. The first kappa shape index (κ1) is 16.0. The summed E-state index contributed by atoms with van der Waals surface area (Å²) in [7, 11) is 0. The van der Waals surface area contributed by atoms with Crippen molar-refractivity contribution in [2.24, 2.45) is 5.92 Å². The fourth-order valence-electron chi connectivity index (χ4n) is 2.84. The van der Waals surface area contributed by atoms with Gasteiger partial charge in [-0.15, -0.1) is 0 Å². The maximum Gasteiger partial charge on any atom is 0.319 e. The largest absolute Gasteiger partial charge is 0.378 e. The number of urea groups is 1. The van der Waals surface area contributed by atoms with Gasteiger partial charge in [0.1, 0.15) is 5.02 Å². The molecule has 1 saturated carbocycles. The number of nitro benzene ring substituents is 1. The fraction of sp³-hybridized carbons (Fsp3) is 0.533. The van der Waals surface area contributed by atoms with E-state index in [1.54, 1.807) is 0 Å². The summed E-state index contributed by atoms with van der Waals surface area (Å²) in [5.41, 5.74) is 0.234. The molecule has 1 saturated heterocycles. The minimum Gasteiger partial charge on any atom is -0.378 e. The Morgan fingerprint density at radius 3 is 2.78 bits per heavy atom. The van der Waals surface area contributed by atoms with E-state index in [9.17, 15) is 14.9 Å². The third kappa shape index (κ3) is 4.11. The summed E-state index contributed by atoms with van der Waals surface area (Å²) in [5.74, 6) is 0.649. The van der Waals surface area contributed by atoms with Crippen molar-refractivity contribution in [2.75, 3.05) is 11.9 Å². The van der Waals surface area contributed by atoms with Gasteiger partial charge in [-0.2, -0.15) is 0 Å². The molecule has 7 nitrogen and oxygen atoms in total. The monoisotopic (exact) mass is 339 g/mol. The molecular weight excluding hydrogens is 322 g/mol. The molecule has 1 heterocycles. The lowest BCUT2D eigenvalue weighted by molar-refractivity contribution is -0.384. The van der Waals surface area contributed by atoms with Crippen LogP contribution in [0.25, 0.3) is 0 Å². The summed E-state index contributed by atoms with van der Waals surface area (Å²) in [6.45, 7) is 0.662. The minimum absolute atomic E-state index is 0.00679. The average molecular weight is 340 g/mol. The third-order valence-corrected chi connectivity index (χ3v) is 4.50. The number of nitrogens with one attached hydrogen (secondary N) is 2. The number of carbonyl (C=O) groups is 1. The Morgan fingerprint density at radius 1 is 1.35 bits per heavy atom. The number of nitro groups is 1. The van der Waals surface area contributed by atoms with Crippen molar-refractivity contribution in [3.05, 3.63) is 33.3 Å². The van der Waals surface area contributed by atoms with E-state index in [4.69, 9.17) is 16.3 Å². The standard InChI is InChI=1S/C15H18ClN3O4/c16-12-7-10(3-4-13(12)19(21)22)17-15(20)18-11-5-6-23-14(8-11)9-1-2-9/h3-4,7,9,11,14H,1-2,5-6,8H2,(H2,17,18,20)/t11-,14+/m0/s1. The zero-order chi connectivity index (χ0) is 16.4. The van der Waals surface area contributed by atoms with E-state index < -0.39 is 4.92 Å². The number of anilines is 1. The van der Waals surface area contributed by atoms with E-state index in [0.29, 0.717) is 18.2 Å². The Morgan fingerprint density at radius 2 is 2.13 bits per heavy atom. The van der Waals surface area contributed by atoms with Crippen molar-refractivity contribution in [2.45, 2.75) is 37.8 Å². The van der Waals surface area contributed by atoms with Crippen LogP contribution in [-0.2, 0) is 4.74 Å². The van der Waals surface area contributed by atoms with Crippen LogP contribution in [0.5, 0.6) is 0 Å². The highest BCUT2D eigenvalue weighted by Crippen LogP contribution is 2.38. The highest BCUT2D eigenvalue weighted by Gasteiger charge is 2.36. The number of benzene rings is 1. The molecule has 1 aliphatic heterocycles. The van der Waals surface area contributed by atoms with Crippen LogP contribution < -0.4 is 10.6 Å². The normalized spacial score (nSPS) is 24.0. The van der Waals surface area contributed by atoms with Crippen LogP contribution in [-0.4, -0.2) is 29.7 Å². The average Bonchev–Trinajstić information content (AvgIpc) is 3.31. The molecule has 0 bridgehead atoms. The zero-order valence-corrected chi connectivity index (χ0v) is 13.2. The van der Waals surface area contributed by atoms with Gasteiger partial charge in [0.15, 0.2) is 0 Å². The van der Waals surface area contributed by atoms with Crippen molar-refractivity contribution in [1.29, 1.82) is 0 Å².